The molecule has 0 radical (unpaired) electrons. The van der Waals surface area contributed by atoms with E-state index < -0.39 is 0 Å². The number of rotatable bonds is 6. The van der Waals surface area contributed by atoms with Crippen molar-refractivity contribution in [3.63, 3.8) is 0 Å². The Kier molecular flexibility index (Phi) is 6.46. The second-order valence-corrected chi connectivity index (χ2v) is 10.2. The zero-order chi connectivity index (χ0) is 21.9. The molecule has 2 fully saturated rings. The Hall–Kier alpha value is -2.38. The van der Waals surface area contributed by atoms with Crippen molar-refractivity contribution >= 4 is 44.7 Å². The van der Waals surface area contributed by atoms with Gasteiger partial charge in [-0.3, -0.25) is 0 Å². The molecule has 7 heteroatoms. The van der Waals surface area contributed by atoms with Gasteiger partial charge in [-0.1, -0.05) is 19.3 Å². The van der Waals surface area contributed by atoms with Gasteiger partial charge in [-0.2, -0.15) is 4.98 Å². The van der Waals surface area contributed by atoms with Crippen molar-refractivity contribution in [3.05, 3.63) is 35.7 Å². The number of fused-ring (bicyclic) bond motifs is 1. The molecule has 1 aromatic carbocycles. The van der Waals surface area contributed by atoms with Crippen molar-refractivity contribution in [2.24, 2.45) is 0 Å². The zero-order valence-electron chi connectivity index (χ0n) is 19.2. The smallest absolute Gasteiger partial charge is 0.229 e. The number of piperidine rings is 1. The van der Waals surface area contributed by atoms with E-state index >= 15 is 0 Å². The monoisotopic (exact) mass is 450 g/mol. The van der Waals surface area contributed by atoms with E-state index in [1.54, 1.807) is 11.3 Å². The third kappa shape index (κ3) is 4.84. The lowest BCUT2D eigenvalue weighted by Crippen LogP contribution is -2.41. The van der Waals surface area contributed by atoms with Crippen LogP contribution in [0, 0.1) is 0 Å². The molecule has 1 saturated carbocycles. The highest BCUT2D eigenvalue weighted by Crippen LogP contribution is 2.31. The SMILES string of the molecule is CN1CCC(N(C)c2ccc(Nc3nc(NC4CCCCC4)c4sccc4n3)cc2)CC1. The van der Waals surface area contributed by atoms with E-state index in [9.17, 15) is 0 Å². The molecule has 0 unspecified atom stereocenters. The van der Waals surface area contributed by atoms with Gasteiger partial charge in [0.1, 0.15) is 5.82 Å². The number of anilines is 4. The van der Waals surface area contributed by atoms with Crippen LogP contribution in [-0.2, 0) is 0 Å². The summed E-state index contributed by atoms with van der Waals surface area (Å²) in [6, 6.07) is 11.9. The summed E-state index contributed by atoms with van der Waals surface area (Å²) in [5, 5.41) is 9.24. The van der Waals surface area contributed by atoms with E-state index in [-0.39, 0.29) is 0 Å². The van der Waals surface area contributed by atoms with E-state index in [2.05, 4.69) is 70.2 Å². The fourth-order valence-electron chi connectivity index (χ4n) is 4.96. The summed E-state index contributed by atoms with van der Waals surface area (Å²) in [4.78, 5) is 14.5. The maximum atomic E-state index is 4.86. The first-order valence-corrected chi connectivity index (χ1v) is 12.8. The molecule has 170 valence electrons. The molecule has 0 atom stereocenters. The molecule has 1 aliphatic heterocycles. The van der Waals surface area contributed by atoms with Gasteiger partial charge in [-0.25, -0.2) is 4.98 Å². The van der Waals surface area contributed by atoms with Crippen molar-refractivity contribution in [1.29, 1.82) is 0 Å². The van der Waals surface area contributed by atoms with E-state index in [0.29, 0.717) is 18.0 Å². The summed E-state index contributed by atoms with van der Waals surface area (Å²) < 4.78 is 1.15. The molecule has 0 bridgehead atoms. The minimum Gasteiger partial charge on any atom is -0.372 e. The zero-order valence-corrected chi connectivity index (χ0v) is 20.0. The Labute approximate surface area is 195 Å². The van der Waals surface area contributed by atoms with Crippen LogP contribution >= 0.6 is 11.3 Å². The number of hydrogen-bond donors (Lipinski definition) is 2. The van der Waals surface area contributed by atoms with Crippen LogP contribution < -0.4 is 15.5 Å². The third-order valence-corrected chi connectivity index (χ3v) is 7.93. The molecular formula is C25H34N6S. The molecule has 6 nitrogen and oxygen atoms in total. The molecule has 2 aromatic heterocycles. The van der Waals surface area contributed by atoms with E-state index in [1.165, 1.54) is 63.7 Å². The van der Waals surface area contributed by atoms with Crippen LogP contribution in [0.1, 0.15) is 44.9 Å². The van der Waals surface area contributed by atoms with E-state index in [0.717, 1.165) is 21.7 Å². The summed E-state index contributed by atoms with van der Waals surface area (Å²) in [5.74, 6) is 1.63. The van der Waals surface area contributed by atoms with Crippen molar-refractivity contribution in [3.8, 4) is 0 Å². The van der Waals surface area contributed by atoms with Crippen molar-refractivity contribution in [1.82, 2.24) is 14.9 Å². The lowest BCUT2D eigenvalue weighted by molar-refractivity contribution is 0.253. The second kappa shape index (κ2) is 9.63. The summed E-state index contributed by atoms with van der Waals surface area (Å²) in [5.41, 5.74) is 3.28. The molecule has 1 aliphatic carbocycles. The molecule has 0 amide bonds. The molecule has 2 N–H and O–H groups in total. The summed E-state index contributed by atoms with van der Waals surface area (Å²) in [7, 11) is 4.43. The fraction of sp³-hybridized carbons (Fsp3) is 0.520. The van der Waals surface area contributed by atoms with Gasteiger partial charge < -0.3 is 20.4 Å². The summed E-state index contributed by atoms with van der Waals surface area (Å²) in [6.07, 6.45) is 8.86. The highest BCUT2D eigenvalue weighted by atomic mass is 32.1. The average molecular weight is 451 g/mol. The largest absolute Gasteiger partial charge is 0.372 e. The molecule has 2 aliphatic rings. The number of thiophene rings is 1. The number of nitrogens with one attached hydrogen (secondary N) is 2. The van der Waals surface area contributed by atoms with Crippen LogP contribution in [0.4, 0.5) is 23.1 Å². The molecular weight excluding hydrogens is 416 g/mol. The topological polar surface area (TPSA) is 56.3 Å². The fourth-order valence-corrected chi connectivity index (χ4v) is 5.74. The Morgan fingerprint density at radius 2 is 1.72 bits per heavy atom. The summed E-state index contributed by atoms with van der Waals surface area (Å²) in [6.45, 7) is 2.35. The van der Waals surface area contributed by atoms with Crippen molar-refractivity contribution in [2.45, 2.75) is 57.0 Å². The van der Waals surface area contributed by atoms with Gasteiger partial charge in [0.15, 0.2) is 0 Å². The van der Waals surface area contributed by atoms with E-state index in [4.69, 9.17) is 9.97 Å². The number of nitrogens with zero attached hydrogens (tertiary/aromatic N) is 4. The van der Waals surface area contributed by atoms with Gasteiger partial charge in [0.25, 0.3) is 0 Å². The Morgan fingerprint density at radius 3 is 2.47 bits per heavy atom. The van der Waals surface area contributed by atoms with Crippen molar-refractivity contribution in [2.75, 3.05) is 42.7 Å². The number of benzene rings is 1. The van der Waals surface area contributed by atoms with Crippen LogP contribution in [0.3, 0.4) is 0 Å². The normalized spacial score (nSPS) is 18.7. The Morgan fingerprint density at radius 1 is 0.969 bits per heavy atom. The Balaban J connectivity index is 1.29. The Bertz CT molecular complexity index is 1020. The van der Waals surface area contributed by atoms with Gasteiger partial charge in [-0.15, -0.1) is 11.3 Å². The molecule has 32 heavy (non-hydrogen) atoms. The first kappa shape index (κ1) is 21.5. The standard InChI is InChI=1S/C25H34N6S/c1-30-15-12-21(13-16-30)31(2)20-10-8-19(9-11-20)27-25-28-22-14-17-32-23(22)24(29-25)26-18-6-4-3-5-7-18/h8-11,14,17-18,21H,3-7,12-13,15-16H2,1-2H3,(H2,26,27,28,29). The maximum absolute atomic E-state index is 4.86. The van der Waals surface area contributed by atoms with E-state index in [1.807, 2.05) is 0 Å². The van der Waals surface area contributed by atoms with Crippen LogP contribution in [0.2, 0.25) is 0 Å². The lowest BCUT2D eigenvalue weighted by Gasteiger charge is -2.36. The van der Waals surface area contributed by atoms with Gasteiger partial charge in [0.05, 0.1) is 10.2 Å². The molecule has 0 spiro atoms. The number of aromatic nitrogens is 2. The first-order chi connectivity index (χ1) is 15.7. The quantitative estimate of drug-likeness (QED) is 0.502. The van der Waals surface area contributed by atoms with Gasteiger partial charge in [0, 0.05) is 30.5 Å². The highest BCUT2D eigenvalue weighted by molar-refractivity contribution is 7.17. The average Bonchev–Trinajstić information content (AvgIpc) is 3.29. The van der Waals surface area contributed by atoms with Gasteiger partial charge in [0.2, 0.25) is 5.95 Å². The highest BCUT2D eigenvalue weighted by Gasteiger charge is 2.21. The minimum absolute atomic E-state index is 0.520. The summed E-state index contributed by atoms with van der Waals surface area (Å²) >= 11 is 1.71. The third-order valence-electron chi connectivity index (χ3n) is 7.02. The molecule has 3 aromatic rings. The van der Waals surface area contributed by atoms with Crippen LogP contribution in [-0.4, -0.2) is 54.1 Å². The van der Waals surface area contributed by atoms with Crippen LogP contribution in [0.25, 0.3) is 10.2 Å². The molecule has 3 heterocycles. The second-order valence-electron chi connectivity index (χ2n) is 9.33. The predicted molar refractivity (Wildman–Crippen MR) is 137 cm³/mol. The van der Waals surface area contributed by atoms with Crippen molar-refractivity contribution < 1.29 is 0 Å². The minimum atomic E-state index is 0.520. The lowest BCUT2D eigenvalue weighted by atomic mass is 9.95. The maximum Gasteiger partial charge on any atom is 0.229 e. The molecule has 5 rings (SSSR count). The van der Waals surface area contributed by atoms with Gasteiger partial charge >= 0.3 is 0 Å². The van der Waals surface area contributed by atoms with Crippen LogP contribution in [0.15, 0.2) is 35.7 Å². The van der Waals surface area contributed by atoms with Crippen LogP contribution in [0.5, 0.6) is 0 Å². The number of hydrogen-bond acceptors (Lipinski definition) is 7. The number of likely N-dealkylation sites (tertiary alicyclic amines) is 1. The first-order valence-electron chi connectivity index (χ1n) is 12.0. The molecule has 1 saturated heterocycles. The predicted octanol–water partition coefficient (Wildman–Crippen LogP) is 5.71. The van der Waals surface area contributed by atoms with Gasteiger partial charge in [-0.05, 0) is 81.5 Å².